The lowest BCUT2D eigenvalue weighted by molar-refractivity contribution is 0.583. The zero-order valence-electron chi connectivity index (χ0n) is 11.1. The standard InChI is InChI=1S/C12H14N4O2S2.ClH/c17-20(18,14-8-9-4-6-13-7-5-9)11-3-1-2-10-12(11)16-19-15-10;/h1-4,13-14H,5-8H2;1H. The number of fused-ring (bicyclic) bond motifs is 1. The molecule has 0 saturated heterocycles. The third kappa shape index (κ3) is 3.58. The molecule has 0 atom stereocenters. The summed E-state index contributed by atoms with van der Waals surface area (Å²) in [6, 6.07) is 5.00. The van der Waals surface area contributed by atoms with E-state index in [0.717, 1.165) is 36.8 Å². The molecule has 1 aromatic heterocycles. The average Bonchev–Trinajstić information content (AvgIpc) is 2.94. The van der Waals surface area contributed by atoms with Crippen molar-refractivity contribution in [2.24, 2.45) is 0 Å². The van der Waals surface area contributed by atoms with Gasteiger partial charge in [-0.3, -0.25) is 0 Å². The van der Waals surface area contributed by atoms with E-state index in [0.29, 0.717) is 17.6 Å². The molecule has 6 nitrogen and oxygen atoms in total. The van der Waals surface area contributed by atoms with Crippen molar-refractivity contribution in [1.82, 2.24) is 18.8 Å². The van der Waals surface area contributed by atoms with Crippen molar-refractivity contribution in [3.8, 4) is 0 Å². The second-order valence-corrected chi connectivity index (χ2v) is 6.79. The molecule has 1 aromatic carbocycles. The van der Waals surface area contributed by atoms with E-state index in [1.165, 1.54) is 0 Å². The largest absolute Gasteiger partial charge is 0.313 e. The second kappa shape index (κ2) is 6.80. The van der Waals surface area contributed by atoms with Gasteiger partial charge in [0.05, 0.1) is 11.7 Å². The summed E-state index contributed by atoms with van der Waals surface area (Å²) in [4.78, 5) is 0.193. The van der Waals surface area contributed by atoms with Crippen molar-refractivity contribution >= 4 is 45.2 Å². The van der Waals surface area contributed by atoms with Crippen molar-refractivity contribution in [2.45, 2.75) is 11.3 Å². The van der Waals surface area contributed by atoms with E-state index in [2.05, 4.69) is 18.8 Å². The number of nitrogens with zero attached hydrogens (tertiary/aromatic N) is 2. The van der Waals surface area contributed by atoms with E-state index in [-0.39, 0.29) is 17.3 Å². The average molecular weight is 347 g/mol. The Morgan fingerprint density at radius 3 is 2.95 bits per heavy atom. The summed E-state index contributed by atoms with van der Waals surface area (Å²) in [5.41, 5.74) is 2.15. The molecule has 0 saturated carbocycles. The lowest BCUT2D eigenvalue weighted by Gasteiger charge is -2.14. The first-order chi connectivity index (χ1) is 9.67. The number of halogens is 1. The van der Waals surface area contributed by atoms with Crippen LogP contribution in [0.5, 0.6) is 0 Å². The zero-order valence-corrected chi connectivity index (χ0v) is 13.5. The molecule has 0 spiro atoms. The highest BCUT2D eigenvalue weighted by Crippen LogP contribution is 2.21. The number of hydrogen-bond donors (Lipinski definition) is 2. The van der Waals surface area contributed by atoms with E-state index < -0.39 is 10.0 Å². The lowest BCUT2D eigenvalue weighted by Crippen LogP contribution is -2.29. The minimum atomic E-state index is -3.56. The van der Waals surface area contributed by atoms with E-state index in [1.807, 2.05) is 6.08 Å². The molecule has 2 heterocycles. The molecule has 0 unspecified atom stereocenters. The van der Waals surface area contributed by atoms with Gasteiger partial charge in [-0.25, -0.2) is 13.1 Å². The van der Waals surface area contributed by atoms with Crippen LogP contribution in [0, 0.1) is 0 Å². The van der Waals surface area contributed by atoms with Gasteiger partial charge in [-0.1, -0.05) is 17.7 Å². The summed E-state index contributed by atoms with van der Waals surface area (Å²) in [7, 11) is -3.56. The third-order valence-corrected chi connectivity index (χ3v) is 5.16. The van der Waals surface area contributed by atoms with Crippen LogP contribution in [0.25, 0.3) is 11.0 Å². The maximum Gasteiger partial charge on any atom is 0.243 e. The van der Waals surface area contributed by atoms with Crippen molar-refractivity contribution < 1.29 is 8.42 Å². The highest BCUT2D eigenvalue weighted by atomic mass is 35.5. The second-order valence-electron chi connectivity index (χ2n) is 4.53. The van der Waals surface area contributed by atoms with E-state index >= 15 is 0 Å². The Bertz CT molecular complexity index is 757. The van der Waals surface area contributed by atoms with Crippen LogP contribution in [0.2, 0.25) is 0 Å². The van der Waals surface area contributed by atoms with Gasteiger partial charge in [0.15, 0.2) is 0 Å². The molecule has 2 aromatic rings. The molecular weight excluding hydrogens is 332 g/mol. The van der Waals surface area contributed by atoms with Gasteiger partial charge >= 0.3 is 0 Å². The fraction of sp³-hybridized carbons (Fsp3) is 0.333. The van der Waals surface area contributed by atoms with Gasteiger partial charge in [-0.2, -0.15) is 8.75 Å². The minimum absolute atomic E-state index is 0. The molecule has 0 radical (unpaired) electrons. The zero-order chi connectivity index (χ0) is 14.0. The normalized spacial score (nSPS) is 15.5. The summed E-state index contributed by atoms with van der Waals surface area (Å²) in [6.45, 7) is 2.03. The van der Waals surface area contributed by atoms with Gasteiger partial charge in [0.1, 0.15) is 15.9 Å². The van der Waals surface area contributed by atoms with Crippen molar-refractivity contribution in [3.05, 3.63) is 29.8 Å². The summed E-state index contributed by atoms with van der Waals surface area (Å²) in [5, 5.41) is 3.19. The van der Waals surface area contributed by atoms with Crippen LogP contribution in [0.1, 0.15) is 6.42 Å². The molecular formula is C12H15ClN4O2S2. The molecule has 114 valence electrons. The Morgan fingerprint density at radius 2 is 2.19 bits per heavy atom. The van der Waals surface area contributed by atoms with Gasteiger partial charge in [-0.05, 0) is 25.1 Å². The smallest absolute Gasteiger partial charge is 0.243 e. The van der Waals surface area contributed by atoms with E-state index in [9.17, 15) is 8.42 Å². The van der Waals surface area contributed by atoms with Crippen molar-refractivity contribution in [1.29, 1.82) is 0 Å². The van der Waals surface area contributed by atoms with Crippen molar-refractivity contribution in [2.75, 3.05) is 19.6 Å². The molecule has 1 aliphatic rings. The molecule has 0 bridgehead atoms. The minimum Gasteiger partial charge on any atom is -0.313 e. The first kappa shape index (κ1) is 16.3. The molecule has 9 heteroatoms. The number of aromatic nitrogens is 2. The van der Waals surface area contributed by atoms with Crippen LogP contribution in [0.4, 0.5) is 0 Å². The van der Waals surface area contributed by atoms with E-state index in [4.69, 9.17) is 0 Å². The fourth-order valence-corrected chi connectivity index (χ4v) is 3.89. The summed E-state index contributed by atoms with van der Waals surface area (Å²) < 4.78 is 35.5. The van der Waals surface area contributed by atoms with Gasteiger partial charge in [-0.15, -0.1) is 12.4 Å². The first-order valence-electron chi connectivity index (χ1n) is 6.26. The lowest BCUT2D eigenvalue weighted by atomic mass is 10.1. The Labute approximate surface area is 133 Å². The number of benzene rings is 1. The molecule has 21 heavy (non-hydrogen) atoms. The van der Waals surface area contributed by atoms with Gasteiger partial charge in [0.2, 0.25) is 10.0 Å². The Balaban J connectivity index is 0.00000161. The number of hydrogen-bond acceptors (Lipinski definition) is 6. The monoisotopic (exact) mass is 346 g/mol. The summed E-state index contributed by atoms with van der Waals surface area (Å²) >= 11 is 1.02. The molecule has 0 fully saturated rings. The number of rotatable bonds is 4. The molecule has 3 rings (SSSR count). The van der Waals surface area contributed by atoms with Crippen LogP contribution in [0.15, 0.2) is 34.7 Å². The maximum atomic E-state index is 12.4. The van der Waals surface area contributed by atoms with Crippen LogP contribution in [-0.4, -0.2) is 36.8 Å². The summed E-state index contributed by atoms with van der Waals surface area (Å²) in [6.07, 6.45) is 2.89. The number of nitrogens with one attached hydrogen (secondary N) is 2. The topological polar surface area (TPSA) is 84.0 Å². The van der Waals surface area contributed by atoms with Crippen LogP contribution >= 0.6 is 24.1 Å². The fourth-order valence-electron chi connectivity index (χ4n) is 2.09. The Hall–Kier alpha value is -1.06. The predicted octanol–water partition coefficient (Wildman–Crippen LogP) is 1.31. The predicted molar refractivity (Wildman–Crippen MR) is 85.4 cm³/mol. The third-order valence-electron chi connectivity index (χ3n) is 3.19. The van der Waals surface area contributed by atoms with Crippen molar-refractivity contribution in [3.63, 3.8) is 0 Å². The molecule has 0 aliphatic carbocycles. The highest BCUT2D eigenvalue weighted by molar-refractivity contribution is 7.89. The number of sulfonamides is 1. The van der Waals surface area contributed by atoms with Crippen LogP contribution in [0.3, 0.4) is 0 Å². The Kier molecular flexibility index (Phi) is 5.28. The van der Waals surface area contributed by atoms with Gasteiger partial charge in [0, 0.05) is 13.1 Å². The molecule has 1 aliphatic heterocycles. The maximum absolute atomic E-state index is 12.4. The van der Waals surface area contributed by atoms with Crippen LogP contribution < -0.4 is 10.0 Å². The quantitative estimate of drug-likeness (QED) is 0.815. The molecule has 2 N–H and O–H groups in total. The van der Waals surface area contributed by atoms with Gasteiger partial charge in [0.25, 0.3) is 0 Å². The van der Waals surface area contributed by atoms with Gasteiger partial charge < -0.3 is 5.32 Å². The molecule has 0 amide bonds. The summed E-state index contributed by atoms with van der Waals surface area (Å²) in [5.74, 6) is 0. The SMILES string of the molecule is Cl.O=S(=O)(NCC1=CCNCC1)c1cccc2nsnc12. The Morgan fingerprint density at radius 1 is 1.33 bits per heavy atom. The van der Waals surface area contributed by atoms with Crippen LogP contribution in [-0.2, 0) is 10.0 Å². The first-order valence-corrected chi connectivity index (χ1v) is 8.48. The highest BCUT2D eigenvalue weighted by Gasteiger charge is 2.19. The van der Waals surface area contributed by atoms with E-state index in [1.54, 1.807) is 18.2 Å².